The highest BCUT2D eigenvalue weighted by molar-refractivity contribution is 5.89. The van der Waals surface area contributed by atoms with Crippen molar-refractivity contribution >= 4 is 17.6 Å². The average Bonchev–Trinajstić information content (AvgIpc) is 3.16. The third kappa shape index (κ3) is 6.51. The van der Waals surface area contributed by atoms with Gasteiger partial charge in [-0.05, 0) is 44.5 Å². The number of rotatable bonds is 10. The molecular weight excluding hydrogens is 368 g/mol. The third-order valence-electron chi connectivity index (χ3n) is 3.60. The van der Waals surface area contributed by atoms with Crippen molar-refractivity contribution < 1.29 is 28.4 Å². The summed E-state index contributed by atoms with van der Waals surface area (Å²) in [5.41, 5.74) is 0.530. The van der Waals surface area contributed by atoms with Gasteiger partial charge in [-0.25, -0.2) is 4.79 Å². The Balaban J connectivity index is 1.79. The van der Waals surface area contributed by atoms with Crippen LogP contribution in [0.3, 0.4) is 0 Å². The molecule has 0 saturated heterocycles. The molecule has 28 heavy (non-hydrogen) atoms. The fraction of sp³-hybridized carbons (Fsp3) is 0.368. The van der Waals surface area contributed by atoms with Gasteiger partial charge in [0.2, 0.25) is 5.76 Å². The second-order valence-corrected chi connectivity index (χ2v) is 6.17. The van der Waals surface area contributed by atoms with Crippen LogP contribution in [0.1, 0.15) is 30.8 Å². The monoisotopic (exact) mass is 390 g/mol. The zero-order valence-corrected chi connectivity index (χ0v) is 15.7. The maximum absolute atomic E-state index is 12.0. The molecule has 0 saturated carbocycles. The number of benzene rings is 1. The van der Waals surface area contributed by atoms with Gasteiger partial charge in [-0.2, -0.15) is 0 Å². The molecule has 1 amide bonds. The summed E-state index contributed by atoms with van der Waals surface area (Å²) >= 11 is 0. The highest BCUT2D eigenvalue weighted by atomic mass is 16.6. The van der Waals surface area contributed by atoms with Gasteiger partial charge in [0.05, 0.1) is 11.0 Å². The average molecular weight is 390 g/mol. The summed E-state index contributed by atoms with van der Waals surface area (Å²) < 4.78 is 15.7. The molecule has 9 heteroatoms. The largest absolute Gasteiger partial charge is 0.450 e. The number of non-ortho nitro benzene ring substituents is 1. The molecule has 2 rings (SSSR count). The smallest absolute Gasteiger partial charge is 0.374 e. The van der Waals surface area contributed by atoms with Gasteiger partial charge in [0.15, 0.2) is 6.61 Å². The predicted octanol–water partition coefficient (Wildman–Crippen LogP) is 2.94. The van der Waals surface area contributed by atoms with Gasteiger partial charge in [-0.1, -0.05) is 0 Å². The Morgan fingerprint density at radius 3 is 2.54 bits per heavy atom. The van der Waals surface area contributed by atoms with E-state index in [1.807, 2.05) is 13.8 Å². The first-order chi connectivity index (χ1) is 13.4. The van der Waals surface area contributed by atoms with Gasteiger partial charge in [0, 0.05) is 30.8 Å². The van der Waals surface area contributed by atoms with Gasteiger partial charge in [-0.3, -0.25) is 14.9 Å². The van der Waals surface area contributed by atoms with Crippen molar-refractivity contribution in [3.05, 3.63) is 52.3 Å². The van der Waals surface area contributed by atoms with Gasteiger partial charge in [0.1, 0.15) is 5.76 Å². The maximum Gasteiger partial charge on any atom is 0.374 e. The lowest BCUT2D eigenvalue weighted by molar-refractivity contribution is -0.384. The standard InChI is InChI=1S/C19H22N2O7/c1-13(2)26-11-3-10-20-18(22)12-27-19(23)17-9-8-16(28-17)14-4-6-15(7-5-14)21(24)25/h4-9,13H,3,10-12H2,1-2H3,(H,20,22). The number of nitrogens with zero attached hydrogens (tertiary/aromatic N) is 1. The molecule has 1 aromatic heterocycles. The Morgan fingerprint density at radius 1 is 1.18 bits per heavy atom. The lowest BCUT2D eigenvalue weighted by Gasteiger charge is -2.08. The van der Waals surface area contributed by atoms with E-state index in [2.05, 4.69) is 5.32 Å². The van der Waals surface area contributed by atoms with Crippen molar-refractivity contribution in [2.24, 2.45) is 0 Å². The van der Waals surface area contributed by atoms with Crippen LogP contribution in [0.2, 0.25) is 0 Å². The quantitative estimate of drug-likeness (QED) is 0.286. The number of hydrogen-bond acceptors (Lipinski definition) is 7. The number of furan rings is 1. The Morgan fingerprint density at radius 2 is 1.89 bits per heavy atom. The van der Waals surface area contributed by atoms with Crippen LogP contribution >= 0.6 is 0 Å². The van der Waals surface area contributed by atoms with E-state index in [4.69, 9.17) is 13.9 Å². The second-order valence-electron chi connectivity index (χ2n) is 6.17. The van der Waals surface area contributed by atoms with E-state index in [1.54, 1.807) is 6.07 Å². The molecule has 0 aliphatic carbocycles. The molecule has 1 N–H and O–H groups in total. The summed E-state index contributed by atoms with van der Waals surface area (Å²) in [6, 6.07) is 8.68. The molecule has 0 radical (unpaired) electrons. The number of hydrogen-bond donors (Lipinski definition) is 1. The van der Waals surface area contributed by atoms with Gasteiger partial charge < -0.3 is 19.2 Å². The van der Waals surface area contributed by atoms with Crippen molar-refractivity contribution in [1.82, 2.24) is 5.32 Å². The lowest BCUT2D eigenvalue weighted by atomic mass is 10.1. The second kappa shape index (κ2) is 10.2. The van der Waals surface area contributed by atoms with E-state index >= 15 is 0 Å². The molecule has 0 unspecified atom stereocenters. The van der Waals surface area contributed by atoms with Crippen LogP contribution in [0.15, 0.2) is 40.8 Å². The first-order valence-electron chi connectivity index (χ1n) is 8.77. The number of amides is 1. The molecule has 9 nitrogen and oxygen atoms in total. The number of esters is 1. The summed E-state index contributed by atoms with van der Waals surface area (Å²) in [6.07, 6.45) is 0.801. The SMILES string of the molecule is CC(C)OCCCNC(=O)COC(=O)c1ccc(-c2ccc([N+](=O)[O-])cc2)o1. The van der Waals surface area contributed by atoms with Crippen LogP contribution in [0.5, 0.6) is 0 Å². The molecule has 150 valence electrons. The van der Waals surface area contributed by atoms with E-state index in [-0.39, 0.29) is 17.6 Å². The normalized spacial score (nSPS) is 10.7. The number of ether oxygens (including phenoxy) is 2. The maximum atomic E-state index is 12.0. The first-order valence-corrected chi connectivity index (χ1v) is 8.77. The third-order valence-corrected chi connectivity index (χ3v) is 3.60. The molecule has 0 atom stereocenters. The van der Waals surface area contributed by atoms with E-state index in [0.29, 0.717) is 30.9 Å². The number of carbonyl (C=O) groups is 2. The van der Waals surface area contributed by atoms with Crippen molar-refractivity contribution in [3.8, 4) is 11.3 Å². The Hall–Kier alpha value is -3.20. The zero-order chi connectivity index (χ0) is 20.5. The molecular formula is C19H22N2O7. The number of nitro benzene ring substituents is 1. The fourth-order valence-corrected chi connectivity index (χ4v) is 2.22. The summed E-state index contributed by atoms with van der Waals surface area (Å²) in [5.74, 6) is -0.894. The van der Waals surface area contributed by atoms with Crippen LogP contribution < -0.4 is 5.32 Å². The minimum atomic E-state index is -0.772. The van der Waals surface area contributed by atoms with E-state index < -0.39 is 23.4 Å². The Labute approximate surface area is 161 Å². The molecule has 2 aromatic rings. The molecule has 0 aliphatic heterocycles. The molecule has 0 aliphatic rings. The van der Waals surface area contributed by atoms with Crippen molar-refractivity contribution in [3.63, 3.8) is 0 Å². The zero-order valence-electron chi connectivity index (χ0n) is 15.7. The minimum Gasteiger partial charge on any atom is -0.450 e. The number of nitrogens with one attached hydrogen (secondary N) is 1. The molecule has 0 fully saturated rings. The lowest BCUT2D eigenvalue weighted by Crippen LogP contribution is -2.30. The summed E-state index contributed by atoms with van der Waals surface area (Å²) in [4.78, 5) is 33.8. The van der Waals surface area contributed by atoms with Crippen molar-refractivity contribution in [2.45, 2.75) is 26.4 Å². The van der Waals surface area contributed by atoms with Crippen LogP contribution in [-0.2, 0) is 14.3 Å². The van der Waals surface area contributed by atoms with Crippen LogP contribution in [0.4, 0.5) is 5.69 Å². The Kier molecular flexibility index (Phi) is 7.70. The fourth-order valence-electron chi connectivity index (χ4n) is 2.22. The predicted molar refractivity (Wildman–Crippen MR) is 99.8 cm³/mol. The molecule has 1 heterocycles. The van der Waals surface area contributed by atoms with Gasteiger partial charge >= 0.3 is 5.97 Å². The van der Waals surface area contributed by atoms with Crippen LogP contribution in [0, 0.1) is 10.1 Å². The highest BCUT2D eigenvalue weighted by Crippen LogP contribution is 2.24. The number of nitro groups is 1. The van der Waals surface area contributed by atoms with Crippen molar-refractivity contribution in [1.29, 1.82) is 0 Å². The van der Waals surface area contributed by atoms with Gasteiger partial charge in [0.25, 0.3) is 11.6 Å². The van der Waals surface area contributed by atoms with E-state index in [0.717, 1.165) is 0 Å². The van der Waals surface area contributed by atoms with E-state index in [1.165, 1.54) is 30.3 Å². The van der Waals surface area contributed by atoms with Gasteiger partial charge in [-0.15, -0.1) is 0 Å². The summed E-state index contributed by atoms with van der Waals surface area (Å²) in [5, 5.41) is 13.3. The molecule has 0 bridgehead atoms. The van der Waals surface area contributed by atoms with Crippen LogP contribution in [0.25, 0.3) is 11.3 Å². The Bertz CT molecular complexity index is 812. The van der Waals surface area contributed by atoms with E-state index in [9.17, 15) is 19.7 Å². The molecule has 1 aromatic carbocycles. The topological polar surface area (TPSA) is 121 Å². The highest BCUT2D eigenvalue weighted by Gasteiger charge is 2.16. The minimum absolute atomic E-state index is 0.0447. The van der Waals surface area contributed by atoms with Crippen molar-refractivity contribution in [2.75, 3.05) is 19.8 Å². The summed E-state index contributed by atoms with van der Waals surface area (Å²) in [6.45, 7) is 4.40. The molecule has 0 spiro atoms. The number of carbonyl (C=O) groups excluding carboxylic acids is 2. The van der Waals surface area contributed by atoms with Crippen LogP contribution in [-0.4, -0.2) is 42.7 Å². The summed E-state index contributed by atoms with van der Waals surface area (Å²) in [7, 11) is 0. The first kappa shape index (κ1) is 21.1.